The van der Waals surface area contributed by atoms with E-state index in [2.05, 4.69) is 22.8 Å². The smallest absolute Gasteiger partial charge is 0.322 e. The number of hydrogen-bond acceptors (Lipinski definition) is 3. The molecule has 1 fully saturated rings. The van der Waals surface area contributed by atoms with Crippen LogP contribution in [0.1, 0.15) is 28.3 Å². The van der Waals surface area contributed by atoms with Crippen molar-refractivity contribution in [3.05, 3.63) is 64.7 Å². The molecular formula is C21H23N3O3. The van der Waals surface area contributed by atoms with Gasteiger partial charge in [0.05, 0.1) is 12.5 Å². The van der Waals surface area contributed by atoms with Gasteiger partial charge in [-0.1, -0.05) is 30.3 Å². The minimum atomic E-state index is -0.846. The Hall–Kier alpha value is -2.86. The Morgan fingerprint density at radius 2 is 1.81 bits per heavy atom. The molecule has 6 nitrogen and oxygen atoms in total. The minimum Gasteiger partial charge on any atom is -0.481 e. The number of urea groups is 1. The summed E-state index contributed by atoms with van der Waals surface area (Å²) < 4.78 is 0. The number of aliphatic carboxylic acids is 1. The Kier molecular flexibility index (Phi) is 4.81. The van der Waals surface area contributed by atoms with Crippen molar-refractivity contribution in [3.63, 3.8) is 0 Å². The minimum absolute atomic E-state index is 0.00466. The molecule has 4 rings (SSSR count). The first-order chi connectivity index (χ1) is 13.1. The van der Waals surface area contributed by atoms with Gasteiger partial charge >= 0.3 is 12.0 Å². The SMILES string of the molecule is O=C(O)Cc1ccc(C2CNC(=O)N2c2ccc3c(c2)CCNCC3)cc1. The number of carbonyl (C=O) groups excluding carboxylic acids is 1. The van der Waals surface area contributed by atoms with Gasteiger partial charge in [-0.25, -0.2) is 4.79 Å². The number of carbonyl (C=O) groups is 2. The van der Waals surface area contributed by atoms with E-state index in [9.17, 15) is 9.59 Å². The van der Waals surface area contributed by atoms with Gasteiger partial charge in [-0.3, -0.25) is 9.69 Å². The van der Waals surface area contributed by atoms with Gasteiger partial charge in [0.2, 0.25) is 0 Å². The molecule has 1 saturated heterocycles. The van der Waals surface area contributed by atoms with Gasteiger partial charge in [0.25, 0.3) is 0 Å². The van der Waals surface area contributed by atoms with Crippen molar-refractivity contribution in [1.29, 1.82) is 0 Å². The maximum absolute atomic E-state index is 12.5. The summed E-state index contributed by atoms with van der Waals surface area (Å²) in [6, 6.07) is 13.6. The molecule has 2 aliphatic rings. The van der Waals surface area contributed by atoms with E-state index in [0.29, 0.717) is 6.54 Å². The van der Waals surface area contributed by atoms with E-state index in [-0.39, 0.29) is 18.5 Å². The van der Waals surface area contributed by atoms with Gasteiger partial charge in [0.1, 0.15) is 0 Å². The fraction of sp³-hybridized carbons (Fsp3) is 0.333. The molecule has 27 heavy (non-hydrogen) atoms. The van der Waals surface area contributed by atoms with Crippen molar-refractivity contribution in [2.45, 2.75) is 25.3 Å². The molecule has 0 spiro atoms. The van der Waals surface area contributed by atoms with Gasteiger partial charge in [-0.15, -0.1) is 0 Å². The first-order valence-corrected chi connectivity index (χ1v) is 9.32. The third-order valence-corrected chi connectivity index (χ3v) is 5.31. The maximum Gasteiger partial charge on any atom is 0.322 e. The highest BCUT2D eigenvalue weighted by Gasteiger charge is 2.33. The van der Waals surface area contributed by atoms with Crippen LogP contribution >= 0.6 is 0 Å². The number of benzene rings is 2. The summed E-state index contributed by atoms with van der Waals surface area (Å²) in [5.74, 6) is -0.846. The van der Waals surface area contributed by atoms with Crippen molar-refractivity contribution in [2.75, 3.05) is 24.5 Å². The molecule has 2 aromatic rings. The summed E-state index contributed by atoms with van der Waals surface area (Å²) in [5, 5.41) is 15.3. The number of carboxylic acid groups (broad SMARTS) is 1. The largest absolute Gasteiger partial charge is 0.481 e. The zero-order valence-corrected chi connectivity index (χ0v) is 15.1. The molecule has 1 atom stereocenters. The molecule has 1 unspecified atom stereocenters. The lowest BCUT2D eigenvalue weighted by atomic mass is 10.00. The molecule has 0 aliphatic carbocycles. The van der Waals surface area contributed by atoms with Crippen LogP contribution in [0.3, 0.4) is 0 Å². The second-order valence-corrected chi connectivity index (χ2v) is 7.09. The van der Waals surface area contributed by atoms with E-state index < -0.39 is 5.97 Å². The third kappa shape index (κ3) is 3.66. The normalized spacial score (nSPS) is 19.3. The number of nitrogens with one attached hydrogen (secondary N) is 2. The Balaban J connectivity index is 1.62. The molecule has 2 amide bonds. The van der Waals surface area contributed by atoms with Crippen LogP contribution in [0.25, 0.3) is 0 Å². The fourth-order valence-corrected chi connectivity index (χ4v) is 3.91. The molecule has 0 bridgehead atoms. The van der Waals surface area contributed by atoms with E-state index in [4.69, 9.17) is 5.11 Å². The van der Waals surface area contributed by atoms with Gasteiger partial charge in [-0.05, 0) is 60.3 Å². The molecule has 6 heteroatoms. The van der Waals surface area contributed by atoms with Crippen LogP contribution in [0.15, 0.2) is 42.5 Å². The van der Waals surface area contributed by atoms with Gasteiger partial charge in [0.15, 0.2) is 0 Å². The van der Waals surface area contributed by atoms with E-state index in [1.54, 1.807) is 0 Å². The van der Waals surface area contributed by atoms with Gasteiger partial charge < -0.3 is 15.7 Å². The predicted octanol–water partition coefficient (Wildman–Crippen LogP) is 2.27. The van der Waals surface area contributed by atoms with Crippen molar-refractivity contribution >= 4 is 17.7 Å². The van der Waals surface area contributed by atoms with Crippen LogP contribution in [-0.2, 0) is 24.1 Å². The van der Waals surface area contributed by atoms with E-state index in [1.165, 1.54) is 11.1 Å². The molecule has 0 aromatic heterocycles. The average Bonchev–Trinajstić information content (AvgIpc) is 2.88. The van der Waals surface area contributed by atoms with Gasteiger partial charge in [0, 0.05) is 12.2 Å². The highest BCUT2D eigenvalue weighted by Crippen LogP contribution is 2.32. The first kappa shape index (κ1) is 17.5. The van der Waals surface area contributed by atoms with E-state index in [1.807, 2.05) is 35.2 Å². The maximum atomic E-state index is 12.5. The highest BCUT2D eigenvalue weighted by atomic mass is 16.4. The second kappa shape index (κ2) is 7.40. The van der Waals surface area contributed by atoms with Crippen molar-refractivity contribution < 1.29 is 14.7 Å². The number of amides is 2. The number of anilines is 1. The van der Waals surface area contributed by atoms with Crippen LogP contribution in [0.5, 0.6) is 0 Å². The highest BCUT2D eigenvalue weighted by molar-refractivity contribution is 5.95. The Morgan fingerprint density at radius 3 is 2.56 bits per heavy atom. The van der Waals surface area contributed by atoms with Crippen LogP contribution in [0.2, 0.25) is 0 Å². The lowest BCUT2D eigenvalue weighted by Gasteiger charge is -2.25. The number of rotatable bonds is 4. The quantitative estimate of drug-likeness (QED) is 0.776. The summed E-state index contributed by atoms with van der Waals surface area (Å²) in [5.41, 5.74) is 5.31. The van der Waals surface area contributed by atoms with Crippen LogP contribution in [-0.4, -0.2) is 36.7 Å². The Labute approximate surface area is 158 Å². The van der Waals surface area contributed by atoms with Crippen LogP contribution in [0, 0.1) is 0 Å². The number of fused-ring (bicyclic) bond motifs is 1. The molecule has 140 valence electrons. The molecule has 2 aromatic carbocycles. The van der Waals surface area contributed by atoms with Crippen molar-refractivity contribution in [1.82, 2.24) is 10.6 Å². The molecule has 0 radical (unpaired) electrons. The molecule has 2 aliphatic heterocycles. The summed E-state index contributed by atoms with van der Waals surface area (Å²) in [6.07, 6.45) is 1.98. The van der Waals surface area contributed by atoms with Crippen LogP contribution < -0.4 is 15.5 Å². The lowest BCUT2D eigenvalue weighted by molar-refractivity contribution is -0.136. The van der Waals surface area contributed by atoms with Crippen LogP contribution in [0.4, 0.5) is 10.5 Å². The Morgan fingerprint density at radius 1 is 1.07 bits per heavy atom. The summed E-state index contributed by atoms with van der Waals surface area (Å²) in [7, 11) is 0. The second-order valence-electron chi connectivity index (χ2n) is 7.09. The molecule has 0 saturated carbocycles. The molecular weight excluding hydrogens is 342 g/mol. The monoisotopic (exact) mass is 365 g/mol. The van der Waals surface area contributed by atoms with Gasteiger partial charge in [-0.2, -0.15) is 0 Å². The lowest BCUT2D eigenvalue weighted by Crippen LogP contribution is -2.29. The summed E-state index contributed by atoms with van der Waals surface area (Å²) >= 11 is 0. The predicted molar refractivity (Wildman–Crippen MR) is 103 cm³/mol. The Bertz CT molecular complexity index is 863. The van der Waals surface area contributed by atoms with Crippen molar-refractivity contribution in [2.24, 2.45) is 0 Å². The number of nitrogens with zero attached hydrogens (tertiary/aromatic N) is 1. The number of carboxylic acids is 1. The summed E-state index contributed by atoms with van der Waals surface area (Å²) in [4.78, 5) is 25.2. The topological polar surface area (TPSA) is 81.7 Å². The standard InChI is InChI=1S/C21H23N3O3/c25-20(26)11-14-1-3-16(4-2-14)19-13-23-21(27)24(19)18-6-5-15-7-9-22-10-8-17(15)12-18/h1-6,12,19,22H,7-11,13H2,(H,23,27)(H,25,26). The summed E-state index contributed by atoms with van der Waals surface area (Å²) in [6.45, 7) is 2.48. The zero-order valence-electron chi connectivity index (χ0n) is 15.1. The first-order valence-electron chi connectivity index (χ1n) is 9.32. The third-order valence-electron chi connectivity index (χ3n) is 5.31. The molecule has 2 heterocycles. The molecule has 3 N–H and O–H groups in total. The number of hydrogen-bond donors (Lipinski definition) is 3. The zero-order chi connectivity index (χ0) is 18.8. The van der Waals surface area contributed by atoms with Crippen molar-refractivity contribution in [3.8, 4) is 0 Å². The van der Waals surface area contributed by atoms with E-state index >= 15 is 0 Å². The fourth-order valence-electron chi connectivity index (χ4n) is 3.91. The van der Waals surface area contributed by atoms with E-state index in [0.717, 1.165) is 42.7 Å². The average molecular weight is 365 g/mol.